The van der Waals surface area contributed by atoms with E-state index in [1.54, 1.807) is 24.1 Å². The monoisotopic (exact) mass is 389 g/mol. The minimum atomic E-state index is -2.72. The lowest BCUT2D eigenvalue weighted by Crippen LogP contribution is -2.40. The Morgan fingerprint density at radius 2 is 1.96 bits per heavy atom. The van der Waals surface area contributed by atoms with Gasteiger partial charge in [0.1, 0.15) is 5.82 Å². The molecule has 0 spiro atoms. The zero-order valence-corrected chi connectivity index (χ0v) is 15.6. The van der Waals surface area contributed by atoms with E-state index in [1.165, 1.54) is 0 Å². The number of halogens is 2. The van der Waals surface area contributed by atoms with Gasteiger partial charge < -0.3 is 9.80 Å². The van der Waals surface area contributed by atoms with E-state index < -0.39 is 10.8 Å². The molecule has 4 heterocycles. The van der Waals surface area contributed by atoms with Crippen molar-refractivity contribution in [2.75, 3.05) is 29.4 Å². The van der Waals surface area contributed by atoms with Crippen LogP contribution in [0.5, 0.6) is 0 Å². The second-order valence-electron chi connectivity index (χ2n) is 7.35. The van der Waals surface area contributed by atoms with Gasteiger partial charge in [-0.2, -0.15) is 0 Å². The van der Waals surface area contributed by atoms with Gasteiger partial charge in [0.15, 0.2) is 0 Å². The Balaban J connectivity index is 1.68. The van der Waals surface area contributed by atoms with Crippen LogP contribution < -0.4 is 9.80 Å². The van der Waals surface area contributed by atoms with Crippen molar-refractivity contribution in [3.05, 3.63) is 51.3 Å². The third-order valence-corrected chi connectivity index (χ3v) is 5.42. The summed E-state index contributed by atoms with van der Waals surface area (Å²) in [5.41, 5.74) is 2.54. The molecule has 0 atom stereocenters. The van der Waals surface area contributed by atoms with Crippen molar-refractivity contribution >= 4 is 17.3 Å². The maximum Gasteiger partial charge on any atom is 0.314 e. The average Bonchev–Trinajstić information content (AvgIpc) is 2.66. The summed E-state index contributed by atoms with van der Waals surface area (Å²) in [7, 11) is 0. The highest BCUT2D eigenvalue weighted by atomic mass is 19.3. The predicted molar refractivity (Wildman–Crippen MR) is 101 cm³/mol. The van der Waals surface area contributed by atoms with Gasteiger partial charge in [-0.3, -0.25) is 15.1 Å². The van der Waals surface area contributed by atoms with E-state index in [0.717, 1.165) is 17.7 Å². The molecule has 2 aliphatic rings. The number of hydrogen-bond acceptors (Lipinski definition) is 6. The smallest absolute Gasteiger partial charge is 0.314 e. The quantitative estimate of drug-likeness (QED) is 0.591. The van der Waals surface area contributed by atoms with Gasteiger partial charge in [-0.05, 0) is 24.6 Å². The minimum Gasteiger partial charge on any atom is -0.352 e. The molecule has 9 heteroatoms. The first-order valence-corrected chi connectivity index (χ1v) is 9.30. The number of alkyl halides is 2. The van der Waals surface area contributed by atoms with Crippen molar-refractivity contribution < 1.29 is 13.7 Å². The largest absolute Gasteiger partial charge is 0.352 e. The number of piperidine rings is 1. The van der Waals surface area contributed by atoms with E-state index in [-0.39, 0.29) is 37.4 Å². The number of pyridine rings is 2. The van der Waals surface area contributed by atoms with Crippen LogP contribution in [0.15, 0.2) is 24.4 Å². The maximum absolute atomic E-state index is 13.5. The lowest BCUT2D eigenvalue weighted by molar-refractivity contribution is -0.384. The van der Waals surface area contributed by atoms with E-state index in [2.05, 4.69) is 14.9 Å². The highest BCUT2D eigenvalue weighted by molar-refractivity contribution is 5.67. The maximum atomic E-state index is 13.5. The molecular formula is C19H21F2N5O2. The van der Waals surface area contributed by atoms with Crippen LogP contribution in [0, 0.1) is 17.0 Å². The lowest BCUT2D eigenvalue weighted by Gasteiger charge is -2.34. The number of nitro groups is 1. The third-order valence-electron chi connectivity index (χ3n) is 5.42. The van der Waals surface area contributed by atoms with Crippen LogP contribution in [-0.4, -0.2) is 40.4 Å². The Labute approximate surface area is 161 Å². The second-order valence-corrected chi connectivity index (χ2v) is 7.35. The van der Waals surface area contributed by atoms with Gasteiger partial charge in [0.2, 0.25) is 5.82 Å². The van der Waals surface area contributed by atoms with E-state index in [1.807, 2.05) is 12.1 Å². The first kappa shape index (κ1) is 18.5. The standard InChI is InChI=1S/C19H21F2N5O2/c1-13-11-16(25-8-4-15-14(12-25)3-2-7-22-15)23-18(17(13)26(27)28)24-9-5-19(20,21)6-10-24/h2-3,7,11H,4-6,8-10,12H2,1H3. The molecule has 7 nitrogen and oxygen atoms in total. The molecule has 148 valence electrons. The Kier molecular flexibility index (Phi) is 4.60. The Morgan fingerprint density at radius 1 is 1.21 bits per heavy atom. The van der Waals surface area contributed by atoms with Gasteiger partial charge in [-0.1, -0.05) is 6.07 Å². The van der Waals surface area contributed by atoms with Crippen molar-refractivity contribution in [2.45, 2.75) is 38.7 Å². The van der Waals surface area contributed by atoms with Gasteiger partial charge in [-0.25, -0.2) is 13.8 Å². The molecular weight excluding hydrogens is 368 g/mol. The number of rotatable bonds is 3. The molecule has 0 unspecified atom stereocenters. The Morgan fingerprint density at radius 3 is 2.68 bits per heavy atom. The summed E-state index contributed by atoms with van der Waals surface area (Å²) < 4.78 is 27.1. The second kappa shape index (κ2) is 6.96. The third kappa shape index (κ3) is 3.48. The van der Waals surface area contributed by atoms with Gasteiger partial charge in [-0.15, -0.1) is 0 Å². The van der Waals surface area contributed by atoms with E-state index in [0.29, 0.717) is 24.5 Å². The normalized spacial score (nSPS) is 18.7. The number of fused-ring (bicyclic) bond motifs is 1. The molecule has 0 aliphatic carbocycles. The molecule has 0 saturated carbocycles. The molecule has 28 heavy (non-hydrogen) atoms. The topological polar surface area (TPSA) is 75.4 Å². The predicted octanol–water partition coefficient (Wildman–Crippen LogP) is 3.49. The van der Waals surface area contributed by atoms with Crippen molar-refractivity contribution in [3.63, 3.8) is 0 Å². The summed E-state index contributed by atoms with van der Waals surface area (Å²) in [6, 6.07) is 5.61. The first-order valence-electron chi connectivity index (χ1n) is 9.30. The van der Waals surface area contributed by atoms with Crippen molar-refractivity contribution in [2.24, 2.45) is 0 Å². The lowest BCUT2D eigenvalue weighted by atomic mass is 10.0. The summed E-state index contributed by atoms with van der Waals surface area (Å²) in [5.74, 6) is -1.90. The van der Waals surface area contributed by atoms with Crippen molar-refractivity contribution in [1.82, 2.24) is 9.97 Å². The number of hydrogen-bond donors (Lipinski definition) is 0. The van der Waals surface area contributed by atoms with Gasteiger partial charge in [0.05, 0.1) is 4.92 Å². The molecule has 1 fully saturated rings. The summed E-state index contributed by atoms with van der Waals surface area (Å²) in [4.78, 5) is 23.8. The molecule has 0 aromatic carbocycles. The summed E-state index contributed by atoms with van der Waals surface area (Å²) in [6.07, 6.45) is 1.89. The zero-order chi connectivity index (χ0) is 19.9. The summed E-state index contributed by atoms with van der Waals surface area (Å²) >= 11 is 0. The molecule has 0 radical (unpaired) electrons. The van der Waals surface area contributed by atoms with Crippen LogP contribution in [0.25, 0.3) is 0 Å². The number of anilines is 2. The van der Waals surface area contributed by atoms with E-state index in [4.69, 9.17) is 0 Å². The average molecular weight is 389 g/mol. The van der Waals surface area contributed by atoms with Crippen LogP contribution in [0.2, 0.25) is 0 Å². The zero-order valence-electron chi connectivity index (χ0n) is 15.6. The Hall–Kier alpha value is -2.84. The van der Waals surface area contributed by atoms with E-state index >= 15 is 0 Å². The first-order chi connectivity index (χ1) is 13.3. The fraction of sp³-hybridized carbons (Fsp3) is 0.474. The van der Waals surface area contributed by atoms with Crippen molar-refractivity contribution in [3.8, 4) is 0 Å². The van der Waals surface area contributed by atoms with Crippen molar-refractivity contribution in [1.29, 1.82) is 0 Å². The van der Waals surface area contributed by atoms with E-state index in [9.17, 15) is 18.9 Å². The van der Waals surface area contributed by atoms with Gasteiger partial charge >= 0.3 is 5.69 Å². The molecule has 0 N–H and O–H groups in total. The minimum absolute atomic E-state index is 0.0521. The van der Waals surface area contributed by atoms with Crippen LogP contribution in [-0.2, 0) is 13.0 Å². The highest BCUT2D eigenvalue weighted by Crippen LogP contribution is 2.37. The molecule has 0 bridgehead atoms. The fourth-order valence-corrected chi connectivity index (χ4v) is 3.85. The fourth-order valence-electron chi connectivity index (χ4n) is 3.85. The van der Waals surface area contributed by atoms with Gasteiger partial charge in [0, 0.05) is 62.9 Å². The molecule has 2 aromatic heterocycles. The molecule has 2 aliphatic heterocycles. The van der Waals surface area contributed by atoms with Crippen LogP contribution in [0.3, 0.4) is 0 Å². The van der Waals surface area contributed by atoms with Crippen LogP contribution in [0.1, 0.15) is 29.7 Å². The SMILES string of the molecule is Cc1cc(N2CCc3ncccc3C2)nc(N2CCC(F)(F)CC2)c1[N+](=O)[O-]. The summed E-state index contributed by atoms with van der Waals surface area (Å²) in [5, 5.41) is 11.6. The van der Waals surface area contributed by atoms with Crippen LogP contribution >= 0.6 is 0 Å². The molecule has 1 saturated heterocycles. The molecule has 0 amide bonds. The molecule has 2 aromatic rings. The highest BCUT2D eigenvalue weighted by Gasteiger charge is 2.37. The number of aryl methyl sites for hydroxylation is 1. The number of aromatic nitrogens is 2. The molecule has 4 rings (SSSR count). The Bertz CT molecular complexity index is 911. The summed E-state index contributed by atoms with van der Waals surface area (Å²) in [6.45, 7) is 3.09. The van der Waals surface area contributed by atoms with Gasteiger partial charge in [0.25, 0.3) is 5.92 Å². The number of nitrogens with zero attached hydrogens (tertiary/aromatic N) is 5. The van der Waals surface area contributed by atoms with Crippen LogP contribution in [0.4, 0.5) is 26.1 Å².